The molecule has 0 aliphatic carbocycles. The lowest BCUT2D eigenvalue weighted by Gasteiger charge is -2.16. The van der Waals surface area contributed by atoms with E-state index >= 15 is 0 Å². The summed E-state index contributed by atoms with van der Waals surface area (Å²) in [5.74, 6) is -0.990. The van der Waals surface area contributed by atoms with Crippen molar-refractivity contribution in [3.63, 3.8) is 0 Å². The average molecular weight is 382 g/mol. The third kappa shape index (κ3) is 3.88. The summed E-state index contributed by atoms with van der Waals surface area (Å²) in [6, 6.07) is 4.72. The second-order valence-corrected chi connectivity index (χ2v) is 6.74. The molecule has 148 valence electrons. The molecule has 0 fully saturated rings. The van der Waals surface area contributed by atoms with Crippen LogP contribution < -0.4 is 4.74 Å². The summed E-state index contributed by atoms with van der Waals surface area (Å²) in [4.78, 5) is 13.0. The van der Waals surface area contributed by atoms with Crippen LogP contribution in [-0.4, -0.2) is 21.3 Å². The van der Waals surface area contributed by atoms with Crippen molar-refractivity contribution in [2.24, 2.45) is 0 Å². The van der Waals surface area contributed by atoms with Crippen LogP contribution in [0.15, 0.2) is 30.4 Å². The molecule has 0 atom stereocenters. The molecule has 5 heteroatoms. The third-order valence-corrected chi connectivity index (χ3v) is 5.01. The molecule has 0 aromatic heterocycles. The summed E-state index contributed by atoms with van der Waals surface area (Å²) < 4.78 is 5.56. The number of phenolic OH excluding ortho intramolecular Hbond substituents is 3. The first-order chi connectivity index (χ1) is 13.1. The Labute approximate surface area is 165 Å². The number of carbonyl (C=O) groups excluding carboxylic acids is 1. The highest BCUT2D eigenvalue weighted by Crippen LogP contribution is 2.38. The molecule has 0 bridgehead atoms. The van der Waals surface area contributed by atoms with Gasteiger partial charge in [-0.15, -0.1) is 0 Å². The van der Waals surface area contributed by atoms with Crippen LogP contribution in [0.3, 0.4) is 0 Å². The van der Waals surface area contributed by atoms with Gasteiger partial charge in [0, 0.05) is 11.1 Å². The normalized spacial score (nSPS) is 12.2. The Morgan fingerprint density at radius 1 is 0.893 bits per heavy atom. The molecule has 2 aromatic carbocycles. The highest BCUT2D eigenvalue weighted by atomic mass is 16.5. The Balaban J connectivity index is 2.61. The van der Waals surface area contributed by atoms with Gasteiger partial charge in [-0.3, -0.25) is 0 Å². The van der Waals surface area contributed by atoms with Crippen LogP contribution >= 0.6 is 0 Å². The van der Waals surface area contributed by atoms with Gasteiger partial charge in [0.2, 0.25) is 0 Å². The summed E-state index contributed by atoms with van der Waals surface area (Å²) in [5, 5.41) is 30.8. The third-order valence-electron chi connectivity index (χ3n) is 5.01. The molecule has 5 nitrogen and oxygen atoms in total. The SMILES string of the molecule is C/C=C(\C)c1cc(O)c(C)c(OC(=O)c2c(/C(C)=C/C)cc(O)c(C)c2O)c1. The van der Waals surface area contributed by atoms with Gasteiger partial charge in [-0.05, 0) is 82.0 Å². The Hall–Kier alpha value is -3.21. The maximum Gasteiger partial charge on any atom is 0.347 e. The van der Waals surface area contributed by atoms with E-state index in [1.54, 1.807) is 39.0 Å². The number of aromatic hydroxyl groups is 3. The van der Waals surface area contributed by atoms with Crippen molar-refractivity contribution in [3.8, 4) is 23.0 Å². The zero-order valence-corrected chi connectivity index (χ0v) is 17.0. The maximum absolute atomic E-state index is 13.0. The van der Waals surface area contributed by atoms with Crippen LogP contribution in [0.1, 0.15) is 60.3 Å². The van der Waals surface area contributed by atoms with Crippen LogP contribution in [0.2, 0.25) is 0 Å². The molecule has 0 spiro atoms. The number of ether oxygens (including phenoxy) is 1. The molecule has 28 heavy (non-hydrogen) atoms. The van der Waals surface area contributed by atoms with E-state index in [1.807, 2.05) is 19.9 Å². The maximum atomic E-state index is 13.0. The van der Waals surface area contributed by atoms with Gasteiger partial charge in [0.25, 0.3) is 0 Å². The molecular formula is C23H26O5. The quantitative estimate of drug-likeness (QED) is 0.481. The zero-order chi connectivity index (χ0) is 21.2. The Morgan fingerprint density at radius 3 is 2.04 bits per heavy atom. The lowest BCUT2D eigenvalue weighted by Crippen LogP contribution is -2.13. The van der Waals surface area contributed by atoms with E-state index in [-0.39, 0.29) is 34.1 Å². The van der Waals surface area contributed by atoms with E-state index < -0.39 is 5.97 Å². The van der Waals surface area contributed by atoms with Crippen LogP contribution in [0.25, 0.3) is 11.1 Å². The predicted octanol–water partition coefficient (Wildman–Crippen LogP) is 5.49. The summed E-state index contributed by atoms with van der Waals surface area (Å²) in [5.41, 5.74) is 3.31. The average Bonchev–Trinajstić information content (AvgIpc) is 2.67. The van der Waals surface area contributed by atoms with E-state index in [0.29, 0.717) is 16.7 Å². The van der Waals surface area contributed by atoms with Crippen LogP contribution in [0.4, 0.5) is 0 Å². The van der Waals surface area contributed by atoms with Crippen molar-refractivity contribution in [1.82, 2.24) is 0 Å². The van der Waals surface area contributed by atoms with E-state index in [2.05, 4.69) is 0 Å². The Morgan fingerprint density at radius 2 is 1.46 bits per heavy atom. The number of esters is 1. The van der Waals surface area contributed by atoms with Gasteiger partial charge in [-0.1, -0.05) is 12.2 Å². The van der Waals surface area contributed by atoms with E-state index in [0.717, 1.165) is 11.1 Å². The molecule has 0 saturated carbocycles. The van der Waals surface area contributed by atoms with Gasteiger partial charge in [0.05, 0.1) is 0 Å². The molecular weight excluding hydrogens is 356 g/mol. The van der Waals surface area contributed by atoms with Crippen LogP contribution in [0.5, 0.6) is 23.0 Å². The van der Waals surface area contributed by atoms with Gasteiger partial charge >= 0.3 is 5.97 Å². The lowest BCUT2D eigenvalue weighted by molar-refractivity contribution is 0.0729. The number of carbonyl (C=O) groups is 1. The van der Waals surface area contributed by atoms with Gasteiger partial charge in [0.15, 0.2) is 0 Å². The molecule has 2 rings (SSSR count). The monoisotopic (exact) mass is 382 g/mol. The van der Waals surface area contributed by atoms with E-state index in [9.17, 15) is 20.1 Å². The first-order valence-electron chi connectivity index (χ1n) is 9.00. The van der Waals surface area contributed by atoms with E-state index in [4.69, 9.17) is 4.74 Å². The van der Waals surface area contributed by atoms with Gasteiger partial charge in [-0.25, -0.2) is 4.79 Å². The summed E-state index contributed by atoms with van der Waals surface area (Å²) in [6.07, 6.45) is 3.66. The number of hydrogen-bond donors (Lipinski definition) is 3. The summed E-state index contributed by atoms with van der Waals surface area (Å²) in [6.45, 7) is 10.5. The fraction of sp³-hybridized carbons (Fsp3) is 0.261. The second-order valence-electron chi connectivity index (χ2n) is 6.74. The number of hydrogen-bond acceptors (Lipinski definition) is 5. The highest BCUT2D eigenvalue weighted by Gasteiger charge is 2.24. The van der Waals surface area contributed by atoms with Gasteiger partial charge in [0.1, 0.15) is 28.6 Å². The molecule has 3 N–H and O–H groups in total. The number of allylic oxidation sites excluding steroid dienone is 4. The van der Waals surface area contributed by atoms with Crippen LogP contribution in [0, 0.1) is 13.8 Å². The van der Waals surface area contributed by atoms with Crippen molar-refractivity contribution >= 4 is 17.1 Å². The first-order valence-corrected chi connectivity index (χ1v) is 9.00. The fourth-order valence-corrected chi connectivity index (χ4v) is 2.75. The molecule has 0 radical (unpaired) electrons. The van der Waals surface area contributed by atoms with Crippen molar-refractivity contribution < 1.29 is 24.9 Å². The molecule has 2 aromatic rings. The highest BCUT2D eigenvalue weighted by molar-refractivity contribution is 6.00. The van der Waals surface area contributed by atoms with Crippen molar-refractivity contribution in [3.05, 3.63) is 58.2 Å². The van der Waals surface area contributed by atoms with Crippen molar-refractivity contribution in [2.45, 2.75) is 41.5 Å². The van der Waals surface area contributed by atoms with Crippen LogP contribution in [-0.2, 0) is 0 Å². The molecule has 0 amide bonds. The minimum absolute atomic E-state index is 0.0115. The lowest BCUT2D eigenvalue weighted by atomic mass is 9.96. The van der Waals surface area contributed by atoms with Gasteiger partial charge in [-0.2, -0.15) is 0 Å². The molecule has 0 aliphatic heterocycles. The summed E-state index contributed by atoms with van der Waals surface area (Å²) in [7, 11) is 0. The summed E-state index contributed by atoms with van der Waals surface area (Å²) >= 11 is 0. The smallest absolute Gasteiger partial charge is 0.347 e. The molecule has 0 heterocycles. The second kappa shape index (κ2) is 8.21. The molecule has 0 unspecified atom stereocenters. The fourth-order valence-electron chi connectivity index (χ4n) is 2.75. The van der Waals surface area contributed by atoms with Crippen molar-refractivity contribution in [2.75, 3.05) is 0 Å². The Kier molecular flexibility index (Phi) is 6.19. The minimum atomic E-state index is -0.769. The largest absolute Gasteiger partial charge is 0.508 e. The predicted molar refractivity (Wildman–Crippen MR) is 111 cm³/mol. The first kappa shape index (κ1) is 21.1. The Bertz CT molecular complexity index is 997. The topological polar surface area (TPSA) is 87.0 Å². The number of benzene rings is 2. The van der Waals surface area contributed by atoms with Gasteiger partial charge < -0.3 is 20.1 Å². The molecule has 0 saturated heterocycles. The zero-order valence-electron chi connectivity index (χ0n) is 17.0. The minimum Gasteiger partial charge on any atom is -0.508 e. The number of rotatable bonds is 4. The standard InChI is InChI=1S/C23H26O5/c1-7-12(3)16-9-18(24)14(5)20(10-16)28-23(27)21-17(13(4)8-2)11-19(25)15(6)22(21)26/h7-11,24-26H,1-6H3/b12-7+,13-8+. The number of phenols is 3. The van der Waals surface area contributed by atoms with Crippen molar-refractivity contribution in [1.29, 1.82) is 0 Å². The molecule has 0 aliphatic rings. The van der Waals surface area contributed by atoms with E-state index in [1.165, 1.54) is 13.0 Å².